The Hall–Kier alpha value is -1.63. The molecule has 1 saturated carbocycles. The van der Waals surface area contributed by atoms with Gasteiger partial charge < -0.3 is 0 Å². The van der Waals surface area contributed by atoms with Gasteiger partial charge in [0.1, 0.15) is 0 Å². The summed E-state index contributed by atoms with van der Waals surface area (Å²) in [7, 11) is 0. The number of amides is 2. The Labute approximate surface area is 106 Å². The van der Waals surface area contributed by atoms with Crippen LogP contribution in [0.4, 0.5) is 0 Å². The highest BCUT2D eigenvalue weighted by atomic mass is 16.2. The van der Waals surface area contributed by atoms with E-state index in [1.54, 1.807) is 0 Å². The van der Waals surface area contributed by atoms with Gasteiger partial charge in [-0.2, -0.15) is 5.26 Å². The molecule has 18 heavy (non-hydrogen) atoms. The Kier molecular flexibility index (Phi) is 2.70. The zero-order valence-electron chi connectivity index (χ0n) is 10.2. The molecule has 2 fully saturated rings. The van der Waals surface area contributed by atoms with Gasteiger partial charge in [0, 0.05) is 0 Å². The number of nitriles is 1. The second-order valence-corrected chi connectivity index (χ2v) is 5.44. The SMILES string of the molecule is N#CC1CCCC1N1C(=O)C2CC=CCC2C1=O. The van der Waals surface area contributed by atoms with Gasteiger partial charge in [-0.1, -0.05) is 12.2 Å². The molecule has 0 spiro atoms. The maximum Gasteiger partial charge on any atom is 0.233 e. The van der Waals surface area contributed by atoms with Crippen molar-refractivity contribution in [3.63, 3.8) is 0 Å². The van der Waals surface area contributed by atoms with Crippen molar-refractivity contribution in [3.8, 4) is 6.07 Å². The second-order valence-electron chi connectivity index (χ2n) is 5.44. The summed E-state index contributed by atoms with van der Waals surface area (Å²) < 4.78 is 0. The normalized spacial score (nSPS) is 38.9. The van der Waals surface area contributed by atoms with Crippen LogP contribution in [0.25, 0.3) is 0 Å². The van der Waals surface area contributed by atoms with E-state index in [1.165, 1.54) is 4.90 Å². The molecule has 1 saturated heterocycles. The first kappa shape index (κ1) is 11.5. The van der Waals surface area contributed by atoms with Crippen molar-refractivity contribution >= 4 is 11.8 Å². The van der Waals surface area contributed by atoms with Crippen LogP contribution in [-0.4, -0.2) is 22.8 Å². The maximum absolute atomic E-state index is 12.4. The first-order valence-corrected chi connectivity index (χ1v) is 6.65. The molecule has 0 N–H and O–H groups in total. The summed E-state index contributed by atoms with van der Waals surface area (Å²) in [5, 5.41) is 9.12. The molecule has 4 unspecified atom stereocenters. The highest BCUT2D eigenvalue weighted by Gasteiger charge is 2.51. The number of likely N-dealkylation sites (tertiary alicyclic amines) is 1. The van der Waals surface area contributed by atoms with Gasteiger partial charge in [0.2, 0.25) is 11.8 Å². The maximum atomic E-state index is 12.4. The van der Waals surface area contributed by atoms with Crippen molar-refractivity contribution in [1.29, 1.82) is 5.26 Å². The summed E-state index contributed by atoms with van der Waals surface area (Å²) in [5.41, 5.74) is 0. The fourth-order valence-corrected chi connectivity index (χ4v) is 3.55. The number of carbonyl (C=O) groups is 2. The zero-order valence-corrected chi connectivity index (χ0v) is 10.2. The predicted octanol–water partition coefficient (Wildman–Crippen LogP) is 1.63. The summed E-state index contributed by atoms with van der Waals surface area (Å²) in [4.78, 5) is 26.2. The molecule has 94 valence electrons. The van der Waals surface area contributed by atoms with Crippen LogP contribution in [0.1, 0.15) is 32.1 Å². The minimum Gasteiger partial charge on any atom is -0.278 e. The van der Waals surface area contributed by atoms with Crippen molar-refractivity contribution in [2.45, 2.75) is 38.1 Å². The highest BCUT2D eigenvalue weighted by Crippen LogP contribution is 2.40. The van der Waals surface area contributed by atoms with Gasteiger partial charge >= 0.3 is 0 Å². The number of carbonyl (C=O) groups excluding carboxylic acids is 2. The van der Waals surface area contributed by atoms with Crippen LogP contribution in [0.15, 0.2) is 12.2 Å². The fourth-order valence-electron chi connectivity index (χ4n) is 3.55. The number of fused-ring (bicyclic) bond motifs is 1. The van der Waals surface area contributed by atoms with E-state index >= 15 is 0 Å². The molecule has 4 atom stereocenters. The summed E-state index contributed by atoms with van der Waals surface area (Å²) in [6, 6.07) is 2.09. The largest absolute Gasteiger partial charge is 0.278 e. The van der Waals surface area contributed by atoms with E-state index in [0.717, 1.165) is 19.3 Å². The minimum absolute atomic E-state index is 0.0403. The van der Waals surface area contributed by atoms with Crippen molar-refractivity contribution < 1.29 is 9.59 Å². The van der Waals surface area contributed by atoms with Crippen LogP contribution in [0.2, 0.25) is 0 Å². The van der Waals surface area contributed by atoms with E-state index in [9.17, 15) is 9.59 Å². The van der Waals surface area contributed by atoms with Gasteiger partial charge in [-0.25, -0.2) is 0 Å². The summed E-state index contributed by atoms with van der Waals surface area (Å²) in [5.74, 6) is -0.570. The van der Waals surface area contributed by atoms with Gasteiger partial charge in [-0.15, -0.1) is 0 Å². The molecule has 1 aliphatic heterocycles. The van der Waals surface area contributed by atoms with Crippen molar-refractivity contribution in [1.82, 2.24) is 4.90 Å². The van der Waals surface area contributed by atoms with Gasteiger partial charge in [-0.3, -0.25) is 14.5 Å². The van der Waals surface area contributed by atoms with E-state index in [4.69, 9.17) is 5.26 Å². The lowest BCUT2D eigenvalue weighted by atomic mass is 9.85. The number of nitrogens with zero attached hydrogens (tertiary/aromatic N) is 2. The summed E-state index contributed by atoms with van der Waals surface area (Å²) >= 11 is 0. The van der Waals surface area contributed by atoms with Gasteiger partial charge in [-0.05, 0) is 32.1 Å². The van der Waals surface area contributed by atoms with E-state index in [-0.39, 0.29) is 35.6 Å². The second kappa shape index (κ2) is 4.24. The molecule has 0 aromatic heterocycles. The van der Waals surface area contributed by atoms with Crippen LogP contribution in [-0.2, 0) is 9.59 Å². The Bertz CT molecular complexity index is 437. The highest BCUT2D eigenvalue weighted by molar-refractivity contribution is 6.05. The van der Waals surface area contributed by atoms with Crippen LogP contribution in [0, 0.1) is 29.1 Å². The number of rotatable bonds is 1. The lowest BCUT2D eigenvalue weighted by Crippen LogP contribution is -2.42. The van der Waals surface area contributed by atoms with Crippen LogP contribution in [0.5, 0.6) is 0 Å². The molecule has 2 amide bonds. The Morgan fingerprint density at radius 1 is 1.11 bits per heavy atom. The lowest BCUT2D eigenvalue weighted by molar-refractivity contribution is -0.143. The van der Waals surface area contributed by atoms with Gasteiger partial charge in [0.05, 0.1) is 29.9 Å². The number of allylic oxidation sites excluding steroid dienone is 2. The number of hydrogen-bond donors (Lipinski definition) is 0. The minimum atomic E-state index is -0.166. The van der Waals surface area contributed by atoms with E-state index in [1.807, 2.05) is 12.2 Å². The molecule has 3 aliphatic rings. The average Bonchev–Trinajstić information content (AvgIpc) is 2.95. The predicted molar refractivity (Wildman–Crippen MR) is 63.9 cm³/mol. The molecule has 3 rings (SSSR count). The first-order valence-electron chi connectivity index (χ1n) is 6.65. The molecular formula is C14H16N2O2. The number of hydrogen-bond acceptors (Lipinski definition) is 3. The van der Waals surface area contributed by atoms with Crippen LogP contribution >= 0.6 is 0 Å². The Balaban J connectivity index is 1.88. The molecule has 0 aromatic carbocycles. The van der Waals surface area contributed by atoms with Crippen molar-refractivity contribution in [2.75, 3.05) is 0 Å². The van der Waals surface area contributed by atoms with Gasteiger partial charge in [0.25, 0.3) is 0 Å². The van der Waals surface area contributed by atoms with Crippen LogP contribution in [0.3, 0.4) is 0 Å². The van der Waals surface area contributed by atoms with E-state index in [0.29, 0.717) is 12.8 Å². The fraction of sp³-hybridized carbons (Fsp3) is 0.643. The first-order chi connectivity index (χ1) is 8.74. The molecule has 0 aromatic rings. The molecule has 1 heterocycles. The molecule has 0 bridgehead atoms. The Morgan fingerprint density at radius 2 is 1.72 bits per heavy atom. The zero-order chi connectivity index (χ0) is 12.7. The molecular weight excluding hydrogens is 228 g/mol. The van der Waals surface area contributed by atoms with Crippen LogP contribution < -0.4 is 0 Å². The Morgan fingerprint density at radius 3 is 2.28 bits per heavy atom. The monoisotopic (exact) mass is 244 g/mol. The quantitative estimate of drug-likeness (QED) is 0.520. The number of imide groups is 1. The van der Waals surface area contributed by atoms with Gasteiger partial charge in [0.15, 0.2) is 0 Å². The molecule has 4 nitrogen and oxygen atoms in total. The van der Waals surface area contributed by atoms with Crippen molar-refractivity contribution in [3.05, 3.63) is 12.2 Å². The van der Waals surface area contributed by atoms with E-state index < -0.39 is 0 Å². The molecule has 2 aliphatic carbocycles. The summed E-state index contributed by atoms with van der Waals surface area (Å²) in [6.45, 7) is 0. The molecule has 4 heteroatoms. The average molecular weight is 244 g/mol. The topological polar surface area (TPSA) is 61.2 Å². The lowest BCUT2D eigenvalue weighted by Gasteiger charge is -2.24. The third kappa shape index (κ3) is 1.50. The third-order valence-electron chi connectivity index (χ3n) is 4.52. The van der Waals surface area contributed by atoms with E-state index in [2.05, 4.69) is 6.07 Å². The smallest absolute Gasteiger partial charge is 0.233 e. The summed E-state index contributed by atoms with van der Waals surface area (Å²) in [6.07, 6.45) is 7.88. The molecule has 0 radical (unpaired) electrons. The van der Waals surface area contributed by atoms with Crippen molar-refractivity contribution in [2.24, 2.45) is 17.8 Å². The third-order valence-corrected chi connectivity index (χ3v) is 4.52. The standard InChI is InChI=1S/C14H16N2O2/c15-8-9-4-3-7-12(9)16-13(17)10-5-1-2-6-11(10)14(16)18/h1-2,9-12H,3-7H2.